The SMILES string of the molecule is O=C1C[C@@H](c2ccc(S(=O)(=O)NCc3ccco3)cc2)CN1. The van der Waals surface area contributed by atoms with Gasteiger partial charge in [-0.05, 0) is 29.8 Å². The summed E-state index contributed by atoms with van der Waals surface area (Å²) < 4.78 is 32.0. The molecule has 0 radical (unpaired) electrons. The maximum Gasteiger partial charge on any atom is 0.240 e. The van der Waals surface area contributed by atoms with Gasteiger partial charge in [0.15, 0.2) is 0 Å². The Morgan fingerprint density at radius 1 is 1.23 bits per heavy atom. The van der Waals surface area contributed by atoms with E-state index >= 15 is 0 Å². The normalized spacial score (nSPS) is 18.4. The highest BCUT2D eigenvalue weighted by molar-refractivity contribution is 7.89. The molecule has 3 rings (SSSR count). The molecule has 0 spiro atoms. The second kappa shape index (κ2) is 5.94. The fraction of sp³-hybridized carbons (Fsp3) is 0.267. The van der Waals surface area contributed by atoms with Crippen LogP contribution in [0.3, 0.4) is 0 Å². The number of carbonyl (C=O) groups is 1. The molecule has 1 saturated heterocycles. The van der Waals surface area contributed by atoms with E-state index in [1.54, 1.807) is 36.4 Å². The first kappa shape index (κ1) is 14.8. The smallest absolute Gasteiger partial charge is 0.240 e. The van der Waals surface area contributed by atoms with Crippen LogP contribution in [0.15, 0.2) is 52.0 Å². The zero-order valence-corrected chi connectivity index (χ0v) is 12.6. The van der Waals surface area contributed by atoms with E-state index in [9.17, 15) is 13.2 Å². The number of nitrogens with one attached hydrogen (secondary N) is 2. The molecule has 22 heavy (non-hydrogen) atoms. The van der Waals surface area contributed by atoms with Crippen LogP contribution in [0.5, 0.6) is 0 Å². The lowest BCUT2D eigenvalue weighted by molar-refractivity contribution is -0.119. The van der Waals surface area contributed by atoms with Crippen molar-refractivity contribution < 1.29 is 17.6 Å². The summed E-state index contributed by atoms with van der Waals surface area (Å²) in [6.07, 6.45) is 1.94. The van der Waals surface area contributed by atoms with E-state index in [-0.39, 0.29) is 23.3 Å². The maximum absolute atomic E-state index is 12.2. The van der Waals surface area contributed by atoms with Gasteiger partial charge in [-0.25, -0.2) is 13.1 Å². The summed E-state index contributed by atoms with van der Waals surface area (Å²) in [4.78, 5) is 11.4. The molecule has 1 atom stereocenters. The third kappa shape index (κ3) is 3.20. The molecule has 0 bridgehead atoms. The Morgan fingerprint density at radius 3 is 2.59 bits per heavy atom. The molecule has 0 saturated carbocycles. The lowest BCUT2D eigenvalue weighted by atomic mass is 9.99. The van der Waals surface area contributed by atoms with E-state index in [4.69, 9.17) is 4.42 Å². The Bertz CT molecular complexity index is 751. The number of hydrogen-bond acceptors (Lipinski definition) is 4. The molecule has 1 amide bonds. The number of hydrogen-bond donors (Lipinski definition) is 2. The lowest BCUT2D eigenvalue weighted by Gasteiger charge is -2.09. The number of furan rings is 1. The molecule has 0 aliphatic carbocycles. The molecule has 1 fully saturated rings. The first-order valence-electron chi connectivity index (χ1n) is 6.93. The number of rotatable bonds is 5. The van der Waals surface area contributed by atoms with Crippen molar-refractivity contribution in [2.75, 3.05) is 6.54 Å². The predicted molar refractivity (Wildman–Crippen MR) is 79.5 cm³/mol. The summed E-state index contributed by atoms with van der Waals surface area (Å²) >= 11 is 0. The highest BCUT2D eigenvalue weighted by Crippen LogP contribution is 2.24. The van der Waals surface area contributed by atoms with Crippen molar-refractivity contribution in [3.63, 3.8) is 0 Å². The number of sulfonamides is 1. The van der Waals surface area contributed by atoms with E-state index in [2.05, 4.69) is 10.0 Å². The third-order valence-electron chi connectivity index (χ3n) is 3.66. The Labute approximate surface area is 128 Å². The van der Waals surface area contributed by atoms with Crippen molar-refractivity contribution in [1.82, 2.24) is 10.0 Å². The molecule has 116 valence electrons. The summed E-state index contributed by atoms with van der Waals surface area (Å²) in [5.41, 5.74) is 0.961. The van der Waals surface area contributed by atoms with E-state index in [1.165, 1.54) is 6.26 Å². The molecule has 2 heterocycles. The Kier molecular flexibility index (Phi) is 4.00. The molecule has 0 unspecified atom stereocenters. The minimum atomic E-state index is -3.58. The van der Waals surface area contributed by atoms with Crippen LogP contribution in [0.4, 0.5) is 0 Å². The molecule has 2 aromatic rings. The van der Waals surface area contributed by atoms with Crippen molar-refractivity contribution >= 4 is 15.9 Å². The average Bonchev–Trinajstić information content (AvgIpc) is 3.17. The van der Waals surface area contributed by atoms with Gasteiger partial charge in [-0.15, -0.1) is 0 Å². The van der Waals surface area contributed by atoms with Crippen molar-refractivity contribution in [3.05, 3.63) is 54.0 Å². The first-order valence-corrected chi connectivity index (χ1v) is 8.41. The molecule has 7 heteroatoms. The molecule has 1 aromatic carbocycles. The first-order chi connectivity index (χ1) is 10.5. The summed E-state index contributed by atoms with van der Waals surface area (Å²) in [5.74, 6) is 0.692. The van der Waals surface area contributed by atoms with Gasteiger partial charge in [-0.1, -0.05) is 12.1 Å². The van der Waals surface area contributed by atoms with Crippen LogP contribution in [0, 0.1) is 0 Å². The average molecular weight is 320 g/mol. The largest absolute Gasteiger partial charge is 0.468 e. The number of amides is 1. The topological polar surface area (TPSA) is 88.4 Å². The Morgan fingerprint density at radius 2 is 2.00 bits per heavy atom. The molecule has 1 aliphatic heterocycles. The second-order valence-electron chi connectivity index (χ2n) is 5.18. The van der Waals surface area contributed by atoms with Crippen LogP contribution in [0.25, 0.3) is 0 Å². The standard InChI is InChI=1S/C15H16N2O4S/c18-15-8-12(9-16-15)11-3-5-14(6-4-11)22(19,20)17-10-13-2-1-7-21-13/h1-7,12,17H,8-10H2,(H,16,18)/t12-/m1/s1. The van der Waals surface area contributed by atoms with Crippen LogP contribution in [-0.2, 0) is 21.4 Å². The molecule has 1 aromatic heterocycles. The van der Waals surface area contributed by atoms with Gasteiger partial charge in [-0.2, -0.15) is 0 Å². The van der Waals surface area contributed by atoms with Gasteiger partial charge in [0.25, 0.3) is 0 Å². The summed E-state index contributed by atoms with van der Waals surface area (Å²) in [6.45, 7) is 0.708. The van der Waals surface area contributed by atoms with E-state index in [0.717, 1.165) is 5.56 Å². The highest BCUT2D eigenvalue weighted by Gasteiger charge is 2.23. The monoisotopic (exact) mass is 320 g/mol. The number of benzene rings is 1. The zero-order chi connectivity index (χ0) is 15.6. The maximum atomic E-state index is 12.2. The fourth-order valence-electron chi connectivity index (χ4n) is 2.42. The summed E-state index contributed by atoms with van der Waals surface area (Å²) in [7, 11) is -3.58. The van der Waals surface area contributed by atoms with Gasteiger partial charge < -0.3 is 9.73 Å². The Hall–Kier alpha value is -2.12. The van der Waals surface area contributed by atoms with Crippen molar-refractivity contribution in [2.24, 2.45) is 0 Å². The quantitative estimate of drug-likeness (QED) is 0.870. The van der Waals surface area contributed by atoms with Gasteiger partial charge in [0, 0.05) is 18.9 Å². The van der Waals surface area contributed by atoms with E-state index in [1.807, 2.05) is 0 Å². The van der Waals surface area contributed by atoms with Crippen LogP contribution in [0.2, 0.25) is 0 Å². The molecule has 1 aliphatic rings. The van der Waals surface area contributed by atoms with Gasteiger partial charge in [-0.3, -0.25) is 4.79 Å². The van der Waals surface area contributed by atoms with Gasteiger partial charge >= 0.3 is 0 Å². The molecular weight excluding hydrogens is 304 g/mol. The second-order valence-corrected chi connectivity index (χ2v) is 6.95. The Balaban J connectivity index is 1.70. The molecule has 2 N–H and O–H groups in total. The molecular formula is C15H16N2O4S. The van der Waals surface area contributed by atoms with Crippen LogP contribution in [-0.4, -0.2) is 20.9 Å². The predicted octanol–water partition coefficient (Wildman–Crippen LogP) is 1.36. The van der Waals surface area contributed by atoms with Crippen molar-refractivity contribution in [2.45, 2.75) is 23.8 Å². The summed E-state index contributed by atoms with van der Waals surface area (Å²) in [5, 5.41) is 2.77. The van der Waals surface area contributed by atoms with E-state index < -0.39 is 10.0 Å². The van der Waals surface area contributed by atoms with Crippen LogP contribution >= 0.6 is 0 Å². The third-order valence-corrected chi connectivity index (χ3v) is 5.07. The van der Waals surface area contributed by atoms with Gasteiger partial charge in [0.1, 0.15) is 5.76 Å². The van der Waals surface area contributed by atoms with Crippen molar-refractivity contribution in [3.8, 4) is 0 Å². The van der Waals surface area contributed by atoms with Crippen molar-refractivity contribution in [1.29, 1.82) is 0 Å². The van der Waals surface area contributed by atoms with Gasteiger partial charge in [0.2, 0.25) is 15.9 Å². The fourth-order valence-corrected chi connectivity index (χ4v) is 3.42. The zero-order valence-electron chi connectivity index (χ0n) is 11.8. The minimum absolute atomic E-state index is 0.0295. The number of carbonyl (C=O) groups excluding carboxylic acids is 1. The van der Waals surface area contributed by atoms with Crippen LogP contribution in [0.1, 0.15) is 23.7 Å². The van der Waals surface area contributed by atoms with Crippen LogP contribution < -0.4 is 10.0 Å². The van der Waals surface area contributed by atoms with E-state index in [0.29, 0.717) is 18.7 Å². The van der Waals surface area contributed by atoms with Gasteiger partial charge in [0.05, 0.1) is 17.7 Å². The minimum Gasteiger partial charge on any atom is -0.468 e. The summed E-state index contributed by atoms with van der Waals surface area (Å²) in [6, 6.07) is 10.0. The molecule has 6 nitrogen and oxygen atoms in total. The highest BCUT2D eigenvalue weighted by atomic mass is 32.2. The lowest BCUT2D eigenvalue weighted by Crippen LogP contribution is -2.23.